The van der Waals surface area contributed by atoms with E-state index in [2.05, 4.69) is 22.0 Å². The lowest BCUT2D eigenvalue weighted by molar-refractivity contribution is 0.0943. The fraction of sp³-hybridized carbons (Fsp3) is 0.385. The van der Waals surface area contributed by atoms with E-state index in [-0.39, 0.29) is 5.78 Å². The van der Waals surface area contributed by atoms with Crippen LogP contribution in [0.15, 0.2) is 22.7 Å². The van der Waals surface area contributed by atoms with E-state index in [0.29, 0.717) is 12.0 Å². The van der Waals surface area contributed by atoms with E-state index in [1.807, 2.05) is 26.0 Å². The molecule has 0 radical (unpaired) electrons. The van der Waals surface area contributed by atoms with Crippen molar-refractivity contribution in [1.82, 2.24) is 0 Å². The minimum atomic E-state index is -0.516. The maximum absolute atomic E-state index is 12.1. The summed E-state index contributed by atoms with van der Waals surface area (Å²) in [5.74, 6) is -0.582. The number of nitriles is 1. The number of hydrogen-bond donors (Lipinski definition) is 0. The Morgan fingerprint density at radius 1 is 1.56 bits per heavy atom. The molecule has 0 aromatic heterocycles. The topological polar surface area (TPSA) is 40.9 Å². The maximum Gasteiger partial charge on any atom is 0.180 e. The van der Waals surface area contributed by atoms with Gasteiger partial charge in [0.25, 0.3) is 0 Å². The van der Waals surface area contributed by atoms with Crippen LogP contribution in [0.5, 0.6) is 0 Å². The number of hydrogen-bond acceptors (Lipinski definition) is 2. The van der Waals surface area contributed by atoms with Crippen molar-refractivity contribution in [2.75, 3.05) is 0 Å². The number of carbonyl (C=O) groups excluding carboxylic acids is 1. The molecule has 2 nitrogen and oxygen atoms in total. The van der Waals surface area contributed by atoms with Gasteiger partial charge in [-0.05, 0) is 25.0 Å². The van der Waals surface area contributed by atoms with Gasteiger partial charge in [-0.1, -0.05) is 41.4 Å². The highest BCUT2D eigenvalue weighted by Crippen LogP contribution is 2.23. The molecule has 0 aliphatic heterocycles. The molecule has 0 aliphatic carbocycles. The molecule has 0 saturated carbocycles. The fourth-order valence-electron chi connectivity index (χ4n) is 1.61. The van der Waals surface area contributed by atoms with E-state index in [1.54, 1.807) is 6.07 Å². The van der Waals surface area contributed by atoms with Crippen LogP contribution in [0.2, 0.25) is 0 Å². The van der Waals surface area contributed by atoms with Gasteiger partial charge < -0.3 is 0 Å². The van der Waals surface area contributed by atoms with Crippen LogP contribution in [0.3, 0.4) is 0 Å². The van der Waals surface area contributed by atoms with Crippen molar-refractivity contribution in [3.05, 3.63) is 33.8 Å². The standard InChI is InChI=1S/C13H14BrNO/c1-3-5-10(8-15)13(16)11-6-4-7-12(14)9(11)2/h4,6-7,10H,3,5H2,1-2H3. The summed E-state index contributed by atoms with van der Waals surface area (Å²) in [6.45, 7) is 3.86. The molecule has 3 heteroatoms. The van der Waals surface area contributed by atoms with E-state index >= 15 is 0 Å². The lowest BCUT2D eigenvalue weighted by Gasteiger charge is -2.10. The van der Waals surface area contributed by atoms with Crippen LogP contribution in [0.25, 0.3) is 0 Å². The molecule has 0 fully saturated rings. The van der Waals surface area contributed by atoms with Crippen molar-refractivity contribution in [2.45, 2.75) is 26.7 Å². The van der Waals surface area contributed by atoms with Crippen molar-refractivity contribution in [2.24, 2.45) is 5.92 Å². The van der Waals surface area contributed by atoms with Gasteiger partial charge in [0, 0.05) is 10.0 Å². The molecular weight excluding hydrogens is 266 g/mol. The van der Waals surface area contributed by atoms with Crippen LogP contribution >= 0.6 is 15.9 Å². The van der Waals surface area contributed by atoms with Crippen LogP contribution < -0.4 is 0 Å². The van der Waals surface area contributed by atoms with Crippen molar-refractivity contribution in [3.63, 3.8) is 0 Å². The van der Waals surface area contributed by atoms with Gasteiger partial charge >= 0.3 is 0 Å². The molecule has 0 heterocycles. The minimum Gasteiger partial charge on any atom is -0.293 e. The summed E-state index contributed by atoms with van der Waals surface area (Å²) in [6.07, 6.45) is 1.47. The first-order valence-corrected chi connectivity index (χ1v) is 6.10. The van der Waals surface area contributed by atoms with E-state index in [4.69, 9.17) is 5.26 Å². The third kappa shape index (κ3) is 2.70. The SMILES string of the molecule is CCCC(C#N)C(=O)c1cccc(Br)c1C. The van der Waals surface area contributed by atoms with Crippen molar-refractivity contribution in [3.8, 4) is 6.07 Å². The molecule has 0 aliphatic rings. The Morgan fingerprint density at radius 3 is 2.81 bits per heavy atom. The Bertz CT molecular complexity index is 434. The summed E-state index contributed by atoms with van der Waals surface area (Å²) in [7, 11) is 0. The van der Waals surface area contributed by atoms with Gasteiger partial charge in [0.05, 0.1) is 6.07 Å². The lowest BCUT2D eigenvalue weighted by atomic mass is 9.92. The molecule has 1 rings (SSSR count). The molecule has 1 aromatic carbocycles. The summed E-state index contributed by atoms with van der Waals surface area (Å²) in [5, 5.41) is 8.97. The zero-order valence-electron chi connectivity index (χ0n) is 9.46. The smallest absolute Gasteiger partial charge is 0.180 e. The molecule has 84 valence electrons. The number of halogens is 1. The van der Waals surface area contributed by atoms with Gasteiger partial charge in [-0.2, -0.15) is 5.26 Å². The summed E-state index contributed by atoms with van der Waals surface area (Å²) < 4.78 is 0.909. The second-order valence-electron chi connectivity index (χ2n) is 3.75. The Labute approximate surface area is 104 Å². The van der Waals surface area contributed by atoms with Gasteiger partial charge in [-0.25, -0.2) is 0 Å². The highest BCUT2D eigenvalue weighted by molar-refractivity contribution is 9.10. The van der Waals surface area contributed by atoms with Crippen LogP contribution in [-0.2, 0) is 0 Å². The first-order valence-electron chi connectivity index (χ1n) is 5.30. The van der Waals surface area contributed by atoms with E-state index < -0.39 is 5.92 Å². The fourth-order valence-corrected chi connectivity index (χ4v) is 1.97. The van der Waals surface area contributed by atoms with E-state index in [0.717, 1.165) is 16.5 Å². The van der Waals surface area contributed by atoms with E-state index in [9.17, 15) is 4.79 Å². The third-order valence-electron chi connectivity index (χ3n) is 2.58. The Hall–Kier alpha value is -1.14. The molecule has 16 heavy (non-hydrogen) atoms. The lowest BCUT2D eigenvalue weighted by Crippen LogP contribution is -2.14. The molecule has 0 amide bonds. The second kappa shape index (κ2) is 5.81. The largest absolute Gasteiger partial charge is 0.293 e. The zero-order chi connectivity index (χ0) is 12.1. The maximum atomic E-state index is 12.1. The predicted octanol–water partition coefficient (Wildman–Crippen LogP) is 3.88. The first-order chi connectivity index (χ1) is 7.61. The van der Waals surface area contributed by atoms with Gasteiger partial charge in [-0.15, -0.1) is 0 Å². The first kappa shape index (κ1) is 12.9. The predicted molar refractivity (Wildman–Crippen MR) is 67.2 cm³/mol. The normalized spacial score (nSPS) is 11.9. The number of carbonyl (C=O) groups is 1. The molecule has 0 N–H and O–H groups in total. The number of Topliss-reactive ketones (excluding diaryl/α,β-unsaturated/α-hetero) is 1. The van der Waals surface area contributed by atoms with Crippen LogP contribution in [-0.4, -0.2) is 5.78 Å². The van der Waals surface area contributed by atoms with Crippen LogP contribution in [0.4, 0.5) is 0 Å². The quantitative estimate of drug-likeness (QED) is 0.785. The van der Waals surface area contributed by atoms with Crippen LogP contribution in [0.1, 0.15) is 35.7 Å². The van der Waals surface area contributed by atoms with Gasteiger partial charge in [0.2, 0.25) is 0 Å². The highest BCUT2D eigenvalue weighted by Gasteiger charge is 2.20. The molecule has 1 unspecified atom stereocenters. The molecule has 0 spiro atoms. The minimum absolute atomic E-state index is 0.0665. The molecule has 1 atom stereocenters. The molecule has 0 bridgehead atoms. The zero-order valence-corrected chi connectivity index (χ0v) is 11.0. The van der Waals surface area contributed by atoms with E-state index in [1.165, 1.54) is 0 Å². The molecular formula is C13H14BrNO. The monoisotopic (exact) mass is 279 g/mol. The summed E-state index contributed by atoms with van der Waals surface area (Å²) in [5.41, 5.74) is 1.55. The van der Waals surface area contributed by atoms with Crippen molar-refractivity contribution in [1.29, 1.82) is 5.26 Å². The number of benzene rings is 1. The van der Waals surface area contributed by atoms with Gasteiger partial charge in [0.1, 0.15) is 5.92 Å². The number of ketones is 1. The second-order valence-corrected chi connectivity index (χ2v) is 4.60. The average molecular weight is 280 g/mol. The molecule has 0 saturated heterocycles. The number of nitrogens with zero attached hydrogens (tertiary/aromatic N) is 1. The Kier molecular flexibility index (Phi) is 4.70. The third-order valence-corrected chi connectivity index (χ3v) is 3.44. The summed E-state index contributed by atoms with van der Waals surface area (Å²) in [6, 6.07) is 7.58. The summed E-state index contributed by atoms with van der Waals surface area (Å²) in [4.78, 5) is 12.1. The Balaban J connectivity index is 3.05. The van der Waals surface area contributed by atoms with Crippen molar-refractivity contribution < 1.29 is 4.79 Å². The Morgan fingerprint density at radius 2 is 2.25 bits per heavy atom. The van der Waals surface area contributed by atoms with Gasteiger partial charge in [0.15, 0.2) is 5.78 Å². The number of rotatable bonds is 4. The highest BCUT2D eigenvalue weighted by atomic mass is 79.9. The van der Waals surface area contributed by atoms with Gasteiger partial charge in [-0.3, -0.25) is 4.79 Å². The van der Waals surface area contributed by atoms with Crippen LogP contribution in [0, 0.1) is 24.2 Å². The molecule has 1 aromatic rings. The summed E-state index contributed by atoms with van der Waals surface area (Å²) >= 11 is 3.39. The average Bonchev–Trinajstić information content (AvgIpc) is 2.29. The van der Waals surface area contributed by atoms with Crippen molar-refractivity contribution >= 4 is 21.7 Å².